The lowest BCUT2D eigenvalue weighted by Crippen LogP contribution is -2.29. The average Bonchev–Trinajstić information content (AvgIpc) is 3.13. The Kier molecular flexibility index (Phi) is 7.69. The standard InChI is InChI=1S/C33H36FNO4/c1-19(2)25-17-26(20(3)16-27(25)39-7)30(36)28-29(22-10-12-23(13-11-22)33(4,5)6)35(32(38)31(28)37)18-21-8-14-24(34)15-9-21/h8-17,19,29,36H,18H2,1-7H3/b30-28+. The van der Waals surface area contributed by atoms with Gasteiger partial charge in [0.1, 0.15) is 17.3 Å². The summed E-state index contributed by atoms with van der Waals surface area (Å²) in [5.41, 5.74) is 4.54. The number of methoxy groups -OCH3 is 1. The number of aryl methyl sites for hydroxylation is 1. The number of nitrogens with zero attached hydrogens (tertiary/aromatic N) is 1. The van der Waals surface area contributed by atoms with Gasteiger partial charge in [-0.05, 0) is 70.3 Å². The molecular formula is C33H36FNO4. The third-order valence-electron chi connectivity index (χ3n) is 7.35. The van der Waals surface area contributed by atoms with Crippen LogP contribution in [0.2, 0.25) is 0 Å². The molecule has 1 unspecified atom stereocenters. The fourth-order valence-electron chi connectivity index (χ4n) is 5.07. The first-order valence-electron chi connectivity index (χ1n) is 13.2. The van der Waals surface area contributed by atoms with Crippen LogP contribution >= 0.6 is 0 Å². The molecule has 3 aromatic carbocycles. The van der Waals surface area contributed by atoms with E-state index >= 15 is 0 Å². The third kappa shape index (κ3) is 5.47. The fourth-order valence-corrected chi connectivity index (χ4v) is 5.07. The quantitative estimate of drug-likeness (QED) is 0.209. The van der Waals surface area contributed by atoms with Crippen molar-refractivity contribution in [3.05, 3.63) is 105 Å². The van der Waals surface area contributed by atoms with Gasteiger partial charge in [-0.3, -0.25) is 9.59 Å². The number of ketones is 1. The van der Waals surface area contributed by atoms with Gasteiger partial charge in [0.2, 0.25) is 0 Å². The zero-order valence-corrected chi connectivity index (χ0v) is 23.6. The molecule has 1 atom stereocenters. The van der Waals surface area contributed by atoms with Crippen LogP contribution in [0.4, 0.5) is 4.39 Å². The van der Waals surface area contributed by atoms with E-state index in [-0.39, 0.29) is 35.0 Å². The number of rotatable bonds is 6. The van der Waals surface area contributed by atoms with Gasteiger partial charge in [-0.2, -0.15) is 0 Å². The normalized spacial score (nSPS) is 17.3. The summed E-state index contributed by atoms with van der Waals surface area (Å²) in [6.07, 6.45) is 0. The van der Waals surface area contributed by atoms with Crippen molar-refractivity contribution in [2.45, 2.75) is 65.5 Å². The minimum Gasteiger partial charge on any atom is -0.507 e. The second kappa shape index (κ2) is 10.7. The first-order valence-corrected chi connectivity index (χ1v) is 13.2. The van der Waals surface area contributed by atoms with E-state index in [9.17, 15) is 19.1 Å². The summed E-state index contributed by atoms with van der Waals surface area (Å²) >= 11 is 0. The van der Waals surface area contributed by atoms with E-state index in [2.05, 4.69) is 20.8 Å². The van der Waals surface area contributed by atoms with E-state index in [1.54, 1.807) is 19.2 Å². The highest BCUT2D eigenvalue weighted by Gasteiger charge is 2.46. The third-order valence-corrected chi connectivity index (χ3v) is 7.35. The molecule has 4 rings (SSSR count). The molecule has 0 aliphatic carbocycles. The van der Waals surface area contributed by atoms with E-state index < -0.39 is 17.7 Å². The summed E-state index contributed by atoms with van der Waals surface area (Å²) in [4.78, 5) is 28.4. The van der Waals surface area contributed by atoms with Gasteiger partial charge in [-0.25, -0.2) is 4.39 Å². The largest absolute Gasteiger partial charge is 0.507 e. The molecule has 0 aromatic heterocycles. The van der Waals surface area contributed by atoms with E-state index in [0.717, 1.165) is 16.7 Å². The number of carbonyl (C=O) groups is 2. The summed E-state index contributed by atoms with van der Waals surface area (Å²) in [6.45, 7) is 12.3. The van der Waals surface area contributed by atoms with Crippen LogP contribution in [-0.2, 0) is 21.5 Å². The molecule has 0 radical (unpaired) electrons. The molecule has 1 amide bonds. The summed E-state index contributed by atoms with van der Waals surface area (Å²) in [6, 6.07) is 16.5. The Hall–Kier alpha value is -3.93. The molecule has 6 heteroatoms. The van der Waals surface area contributed by atoms with Crippen molar-refractivity contribution < 1.29 is 23.8 Å². The number of hydrogen-bond acceptors (Lipinski definition) is 4. The average molecular weight is 530 g/mol. The Bertz CT molecular complexity index is 1430. The predicted octanol–water partition coefficient (Wildman–Crippen LogP) is 7.19. The minimum atomic E-state index is -0.812. The molecule has 1 fully saturated rings. The van der Waals surface area contributed by atoms with Crippen LogP contribution in [0.3, 0.4) is 0 Å². The molecule has 1 aliphatic heterocycles. The number of Topliss-reactive ketones (excluding diaryl/α,β-unsaturated/α-hetero) is 1. The molecule has 0 bridgehead atoms. The predicted molar refractivity (Wildman–Crippen MR) is 151 cm³/mol. The first-order chi connectivity index (χ1) is 18.3. The van der Waals surface area contributed by atoms with Crippen LogP contribution in [0.1, 0.15) is 80.0 Å². The van der Waals surface area contributed by atoms with Crippen molar-refractivity contribution in [2.24, 2.45) is 0 Å². The van der Waals surface area contributed by atoms with Gasteiger partial charge < -0.3 is 14.7 Å². The fraction of sp³-hybridized carbons (Fsp3) is 0.333. The van der Waals surface area contributed by atoms with Gasteiger partial charge in [0.25, 0.3) is 11.7 Å². The number of likely N-dealkylation sites (tertiary alicyclic amines) is 1. The Labute approximate surface area is 229 Å². The van der Waals surface area contributed by atoms with Gasteiger partial charge in [0.15, 0.2) is 0 Å². The Morgan fingerprint density at radius 1 is 1.03 bits per heavy atom. The van der Waals surface area contributed by atoms with Gasteiger partial charge in [-0.15, -0.1) is 0 Å². The molecular weight excluding hydrogens is 493 g/mol. The number of benzene rings is 3. The van der Waals surface area contributed by atoms with Crippen LogP contribution in [0.15, 0.2) is 66.2 Å². The van der Waals surface area contributed by atoms with Crippen molar-refractivity contribution in [3.63, 3.8) is 0 Å². The van der Waals surface area contributed by atoms with Crippen molar-refractivity contribution in [1.82, 2.24) is 4.90 Å². The number of carbonyl (C=O) groups excluding carboxylic acids is 2. The van der Waals surface area contributed by atoms with Gasteiger partial charge in [0, 0.05) is 12.1 Å². The second-order valence-electron chi connectivity index (χ2n) is 11.5. The zero-order valence-electron chi connectivity index (χ0n) is 23.6. The van der Waals surface area contributed by atoms with Crippen molar-refractivity contribution in [1.29, 1.82) is 0 Å². The number of halogens is 1. The lowest BCUT2D eigenvalue weighted by atomic mass is 9.85. The van der Waals surface area contributed by atoms with Crippen molar-refractivity contribution >= 4 is 17.4 Å². The lowest BCUT2D eigenvalue weighted by Gasteiger charge is -2.27. The summed E-state index contributed by atoms with van der Waals surface area (Å²) in [7, 11) is 1.60. The van der Waals surface area contributed by atoms with Gasteiger partial charge in [-0.1, -0.05) is 71.0 Å². The van der Waals surface area contributed by atoms with Gasteiger partial charge >= 0.3 is 0 Å². The smallest absolute Gasteiger partial charge is 0.295 e. The van der Waals surface area contributed by atoms with Crippen molar-refractivity contribution in [3.8, 4) is 5.75 Å². The molecule has 1 N–H and O–H groups in total. The first kappa shape index (κ1) is 28.1. The second-order valence-corrected chi connectivity index (χ2v) is 11.5. The van der Waals surface area contributed by atoms with E-state index in [1.165, 1.54) is 17.0 Å². The number of hydrogen-bond donors (Lipinski definition) is 1. The van der Waals surface area contributed by atoms with E-state index in [1.807, 2.05) is 57.2 Å². The van der Waals surface area contributed by atoms with E-state index in [0.29, 0.717) is 22.4 Å². The highest BCUT2D eigenvalue weighted by Crippen LogP contribution is 2.42. The van der Waals surface area contributed by atoms with Crippen LogP contribution in [0, 0.1) is 12.7 Å². The number of aliphatic hydroxyl groups is 1. The Balaban J connectivity index is 1.91. The molecule has 5 nitrogen and oxygen atoms in total. The summed E-state index contributed by atoms with van der Waals surface area (Å²) < 4.78 is 19.1. The summed E-state index contributed by atoms with van der Waals surface area (Å²) in [5, 5.41) is 11.7. The van der Waals surface area contributed by atoms with E-state index in [4.69, 9.17) is 4.74 Å². The minimum absolute atomic E-state index is 0.0357. The molecule has 1 saturated heterocycles. The highest BCUT2D eigenvalue weighted by molar-refractivity contribution is 6.46. The molecule has 204 valence electrons. The molecule has 0 spiro atoms. The zero-order chi connectivity index (χ0) is 28.6. The molecule has 3 aromatic rings. The summed E-state index contributed by atoms with van der Waals surface area (Å²) in [5.74, 6) is -1.26. The lowest BCUT2D eigenvalue weighted by molar-refractivity contribution is -0.140. The maximum Gasteiger partial charge on any atom is 0.295 e. The Morgan fingerprint density at radius 3 is 2.18 bits per heavy atom. The van der Waals surface area contributed by atoms with Crippen LogP contribution < -0.4 is 4.74 Å². The SMILES string of the molecule is COc1cc(C)c(/C(O)=C2\C(=O)C(=O)N(Cc3ccc(F)cc3)C2c2ccc(C(C)(C)C)cc2)cc1C(C)C. The maximum absolute atomic E-state index is 13.6. The molecule has 0 saturated carbocycles. The monoisotopic (exact) mass is 529 g/mol. The Morgan fingerprint density at radius 2 is 1.64 bits per heavy atom. The van der Waals surface area contributed by atoms with Crippen molar-refractivity contribution in [2.75, 3.05) is 7.11 Å². The number of aliphatic hydroxyl groups excluding tert-OH is 1. The number of ether oxygens (including phenoxy) is 1. The topological polar surface area (TPSA) is 66.8 Å². The highest BCUT2D eigenvalue weighted by atomic mass is 19.1. The van der Waals surface area contributed by atoms with Crippen LogP contribution in [0.5, 0.6) is 5.75 Å². The molecule has 39 heavy (non-hydrogen) atoms. The number of amides is 1. The molecule has 1 heterocycles. The van der Waals surface area contributed by atoms with Crippen LogP contribution in [-0.4, -0.2) is 28.8 Å². The maximum atomic E-state index is 13.6. The molecule has 1 aliphatic rings. The van der Waals surface area contributed by atoms with Gasteiger partial charge in [0.05, 0.1) is 18.7 Å². The van der Waals surface area contributed by atoms with Crippen LogP contribution in [0.25, 0.3) is 5.76 Å².